The van der Waals surface area contributed by atoms with Crippen molar-refractivity contribution in [2.75, 3.05) is 18.0 Å². The maximum absolute atomic E-state index is 13.0. The predicted molar refractivity (Wildman–Crippen MR) is 112 cm³/mol. The Labute approximate surface area is 168 Å². The lowest BCUT2D eigenvalue weighted by Gasteiger charge is -2.31. The second-order valence-corrected chi connectivity index (χ2v) is 8.00. The van der Waals surface area contributed by atoms with E-state index in [9.17, 15) is 14.7 Å². The second-order valence-electron chi connectivity index (χ2n) is 8.00. The summed E-state index contributed by atoms with van der Waals surface area (Å²) in [7, 11) is 3.09. The molecule has 0 bridgehead atoms. The van der Waals surface area contributed by atoms with Crippen molar-refractivity contribution in [3.8, 4) is 0 Å². The minimum absolute atomic E-state index is 0.190. The van der Waals surface area contributed by atoms with E-state index in [4.69, 9.17) is 4.98 Å². The molecule has 1 aliphatic rings. The Morgan fingerprint density at radius 1 is 1.10 bits per heavy atom. The predicted octanol–water partition coefficient (Wildman–Crippen LogP) is 1.40. The van der Waals surface area contributed by atoms with Crippen molar-refractivity contribution in [3.63, 3.8) is 0 Å². The number of anilines is 1. The quantitative estimate of drug-likeness (QED) is 0.719. The van der Waals surface area contributed by atoms with Gasteiger partial charge in [-0.05, 0) is 24.3 Å². The van der Waals surface area contributed by atoms with Gasteiger partial charge in [0.15, 0.2) is 11.2 Å². The number of benzene rings is 1. The first kappa shape index (κ1) is 19.4. The number of nitrogens with zero attached hydrogens (tertiary/aromatic N) is 5. The van der Waals surface area contributed by atoms with Crippen molar-refractivity contribution in [1.82, 2.24) is 18.7 Å². The summed E-state index contributed by atoms with van der Waals surface area (Å²) >= 11 is 0. The van der Waals surface area contributed by atoms with E-state index in [1.54, 1.807) is 11.6 Å². The Morgan fingerprint density at radius 2 is 1.76 bits per heavy atom. The molecule has 8 nitrogen and oxygen atoms in total. The molecule has 8 heteroatoms. The number of fused-ring (bicyclic) bond motifs is 1. The zero-order valence-corrected chi connectivity index (χ0v) is 17.1. The number of aromatic nitrogens is 4. The van der Waals surface area contributed by atoms with E-state index in [-0.39, 0.29) is 6.54 Å². The number of rotatable bonds is 4. The summed E-state index contributed by atoms with van der Waals surface area (Å²) < 4.78 is 4.28. The Bertz CT molecular complexity index is 1140. The van der Waals surface area contributed by atoms with E-state index in [1.807, 2.05) is 30.3 Å². The molecule has 0 aliphatic carbocycles. The highest BCUT2D eigenvalue weighted by molar-refractivity contribution is 5.74. The largest absolute Gasteiger partial charge is 0.387 e. The van der Waals surface area contributed by atoms with Crippen molar-refractivity contribution < 1.29 is 5.11 Å². The fraction of sp³-hybridized carbons (Fsp3) is 0.476. The van der Waals surface area contributed by atoms with Crippen molar-refractivity contribution in [1.29, 1.82) is 0 Å². The molecule has 3 aromatic rings. The molecule has 1 aromatic carbocycles. The van der Waals surface area contributed by atoms with Crippen LogP contribution in [0.15, 0.2) is 39.9 Å². The van der Waals surface area contributed by atoms with Gasteiger partial charge in [0.25, 0.3) is 5.56 Å². The van der Waals surface area contributed by atoms with Gasteiger partial charge < -0.3 is 14.6 Å². The lowest BCUT2D eigenvalue weighted by molar-refractivity contribution is 0.158. The highest BCUT2D eigenvalue weighted by atomic mass is 16.3. The highest BCUT2D eigenvalue weighted by Crippen LogP contribution is 2.27. The topological polar surface area (TPSA) is 85.3 Å². The van der Waals surface area contributed by atoms with E-state index in [2.05, 4.69) is 11.8 Å². The molecule has 1 saturated heterocycles. The standard InChI is InChI=1S/C21H27N5O3/c1-14-9-11-25(12-10-14)20-22-18-17(19(28)24(3)21(29)23(18)2)26(20)13-16(27)15-7-5-4-6-8-15/h4-8,14,16,27H,9-13H2,1-3H3/t16-/m1/s1. The first-order chi connectivity index (χ1) is 13.9. The molecule has 154 valence electrons. The minimum Gasteiger partial charge on any atom is -0.387 e. The molecule has 0 radical (unpaired) electrons. The molecule has 1 N–H and O–H groups in total. The van der Waals surface area contributed by atoms with Crippen LogP contribution in [-0.2, 0) is 20.6 Å². The Kier molecular flexibility index (Phi) is 5.04. The first-order valence-corrected chi connectivity index (χ1v) is 10.0. The van der Waals surface area contributed by atoms with Gasteiger partial charge in [-0.1, -0.05) is 37.3 Å². The van der Waals surface area contributed by atoms with E-state index in [0.717, 1.165) is 36.1 Å². The van der Waals surface area contributed by atoms with Crippen molar-refractivity contribution >= 4 is 17.1 Å². The van der Waals surface area contributed by atoms with Gasteiger partial charge in [0.2, 0.25) is 5.95 Å². The van der Waals surface area contributed by atoms with Crippen LogP contribution in [0.3, 0.4) is 0 Å². The van der Waals surface area contributed by atoms with E-state index < -0.39 is 17.4 Å². The molecule has 4 rings (SSSR count). The normalized spacial score (nSPS) is 16.5. The molecule has 3 heterocycles. The van der Waals surface area contributed by atoms with E-state index in [0.29, 0.717) is 23.0 Å². The number of hydrogen-bond acceptors (Lipinski definition) is 5. The second kappa shape index (κ2) is 7.51. The molecule has 0 unspecified atom stereocenters. The summed E-state index contributed by atoms with van der Waals surface area (Å²) in [5, 5.41) is 10.9. The maximum Gasteiger partial charge on any atom is 0.332 e. The number of hydrogen-bond donors (Lipinski definition) is 1. The minimum atomic E-state index is -0.794. The SMILES string of the molecule is CC1CCN(c2nc3c(c(=O)n(C)c(=O)n3C)n2C[C@@H](O)c2ccccc2)CC1. The number of piperidine rings is 1. The average molecular weight is 397 g/mol. The molecule has 29 heavy (non-hydrogen) atoms. The lowest BCUT2D eigenvalue weighted by atomic mass is 10.00. The molecular formula is C21H27N5O3. The molecule has 2 aromatic heterocycles. The van der Waals surface area contributed by atoms with Crippen molar-refractivity contribution in [2.45, 2.75) is 32.4 Å². The van der Waals surface area contributed by atoms with Crippen LogP contribution in [0.4, 0.5) is 5.95 Å². The van der Waals surface area contributed by atoms with Gasteiger partial charge in [-0.2, -0.15) is 4.98 Å². The van der Waals surface area contributed by atoms with E-state index in [1.165, 1.54) is 11.6 Å². The van der Waals surface area contributed by atoms with Gasteiger partial charge in [-0.3, -0.25) is 13.9 Å². The summed E-state index contributed by atoms with van der Waals surface area (Å²) in [4.78, 5) is 32.2. The molecule has 0 saturated carbocycles. The van der Waals surface area contributed by atoms with Gasteiger partial charge in [0.05, 0.1) is 12.6 Å². The third-order valence-electron chi connectivity index (χ3n) is 5.93. The summed E-state index contributed by atoms with van der Waals surface area (Å²) in [5.41, 5.74) is 0.668. The van der Waals surface area contributed by atoms with Crippen LogP contribution in [0, 0.1) is 5.92 Å². The van der Waals surface area contributed by atoms with Crippen LogP contribution in [0.2, 0.25) is 0 Å². The zero-order valence-electron chi connectivity index (χ0n) is 17.1. The highest BCUT2D eigenvalue weighted by Gasteiger charge is 2.26. The molecule has 1 atom stereocenters. The van der Waals surface area contributed by atoms with Gasteiger partial charge in [-0.25, -0.2) is 4.79 Å². The van der Waals surface area contributed by atoms with Crippen LogP contribution in [0.1, 0.15) is 31.4 Å². The van der Waals surface area contributed by atoms with Gasteiger partial charge in [0, 0.05) is 27.2 Å². The monoisotopic (exact) mass is 397 g/mol. The first-order valence-electron chi connectivity index (χ1n) is 10.0. The Morgan fingerprint density at radius 3 is 2.41 bits per heavy atom. The summed E-state index contributed by atoms with van der Waals surface area (Å²) in [6.45, 7) is 4.09. The summed E-state index contributed by atoms with van der Waals surface area (Å²) in [5.74, 6) is 1.29. The van der Waals surface area contributed by atoms with Gasteiger partial charge >= 0.3 is 5.69 Å². The molecule has 0 spiro atoms. The van der Waals surface area contributed by atoms with Crippen LogP contribution < -0.4 is 16.1 Å². The van der Waals surface area contributed by atoms with Crippen LogP contribution in [0.25, 0.3) is 11.2 Å². The smallest absolute Gasteiger partial charge is 0.332 e. The molecule has 1 fully saturated rings. The van der Waals surface area contributed by atoms with Crippen LogP contribution >= 0.6 is 0 Å². The number of aliphatic hydroxyl groups is 1. The van der Waals surface area contributed by atoms with E-state index >= 15 is 0 Å². The van der Waals surface area contributed by atoms with Crippen LogP contribution in [0.5, 0.6) is 0 Å². The zero-order chi connectivity index (χ0) is 20.7. The third kappa shape index (κ3) is 3.37. The average Bonchev–Trinajstić information content (AvgIpc) is 3.11. The maximum atomic E-state index is 13.0. The molecule has 0 amide bonds. The number of aliphatic hydroxyl groups excluding tert-OH is 1. The fourth-order valence-corrected chi connectivity index (χ4v) is 4.01. The Hall–Kier alpha value is -2.87. The van der Waals surface area contributed by atoms with Crippen molar-refractivity contribution in [2.24, 2.45) is 20.0 Å². The number of imidazole rings is 1. The van der Waals surface area contributed by atoms with Crippen molar-refractivity contribution in [3.05, 3.63) is 56.7 Å². The molecular weight excluding hydrogens is 370 g/mol. The lowest BCUT2D eigenvalue weighted by Crippen LogP contribution is -2.38. The number of aryl methyl sites for hydroxylation is 1. The van der Waals surface area contributed by atoms with Crippen LogP contribution in [-0.4, -0.2) is 36.9 Å². The fourth-order valence-electron chi connectivity index (χ4n) is 4.01. The summed E-state index contributed by atoms with van der Waals surface area (Å²) in [6, 6.07) is 9.37. The Balaban J connectivity index is 1.88. The van der Waals surface area contributed by atoms with Gasteiger partial charge in [-0.15, -0.1) is 0 Å². The summed E-state index contributed by atoms with van der Waals surface area (Å²) in [6.07, 6.45) is 1.29. The third-order valence-corrected chi connectivity index (χ3v) is 5.93. The molecule has 1 aliphatic heterocycles. The van der Waals surface area contributed by atoms with Gasteiger partial charge in [0.1, 0.15) is 0 Å².